The summed E-state index contributed by atoms with van der Waals surface area (Å²) in [5, 5.41) is 6.59. The molecule has 6 nitrogen and oxygen atoms in total. The fourth-order valence-corrected chi connectivity index (χ4v) is 2.79. The summed E-state index contributed by atoms with van der Waals surface area (Å²) in [6.45, 7) is 1.90. The molecule has 8 heteroatoms. The number of hydrogen-bond acceptors (Lipinski definition) is 4. The predicted octanol–water partition coefficient (Wildman–Crippen LogP) is 3.82. The van der Waals surface area contributed by atoms with E-state index in [1.54, 1.807) is 48.3 Å². The number of hydrogen-bond donors (Lipinski definition) is 2. The minimum atomic E-state index is -0.287. The molecule has 0 aliphatic carbocycles. The number of carbonyl (C=O) groups is 2. The molecule has 2 N–H and O–H groups in total. The topological polar surface area (TPSA) is 70.7 Å². The largest absolute Gasteiger partial charge is 0.495 e. The van der Waals surface area contributed by atoms with Gasteiger partial charge in [0.15, 0.2) is 0 Å². The first kappa shape index (κ1) is 21.0. The fraction of sp³-hybridized carbons (Fsp3) is 0.263. The molecule has 144 valence electrons. The summed E-state index contributed by atoms with van der Waals surface area (Å²) >= 11 is 12.0. The van der Waals surface area contributed by atoms with Crippen LogP contribution in [0.5, 0.6) is 5.75 Å². The Morgan fingerprint density at radius 1 is 1.04 bits per heavy atom. The van der Waals surface area contributed by atoms with Crippen LogP contribution in [0.2, 0.25) is 10.0 Å². The van der Waals surface area contributed by atoms with Crippen molar-refractivity contribution < 1.29 is 14.3 Å². The van der Waals surface area contributed by atoms with E-state index in [0.29, 0.717) is 27.2 Å². The highest BCUT2D eigenvalue weighted by Crippen LogP contribution is 2.27. The summed E-state index contributed by atoms with van der Waals surface area (Å²) in [5.41, 5.74) is 1.91. The lowest BCUT2D eigenvalue weighted by Gasteiger charge is -2.17. The first-order chi connectivity index (χ1) is 12.8. The van der Waals surface area contributed by atoms with E-state index in [4.69, 9.17) is 27.9 Å². The molecule has 0 aromatic heterocycles. The highest BCUT2D eigenvalue weighted by molar-refractivity contribution is 6.32. The lowest BCUT2D eigenvalue weighted by Crippen LogP contribution is -2.36. The zero-order valence-corrected chi connectivity index (χ0v) is 16.8. The molecular weight excluding hydrogens is 389 g/mol. The summed E-state index contributed by atoms with van der Waals surface area (Å²) in [7, 11) is 3.19. The van der Waals surface area contributed by atoms with Gasteiger partial charge >= 0.3 is 0 Å². The SMILES string of the molecule is COc1ccc(Cl)cc1NC(=O)CN(C)CC(=O)Nc1cccc(Cl)c1C. The highest BCUT2D eigenvalue weighted by atomic mass is 35.5. The third-order valence-corrected chi connectivity index (χ3v) is 4.45. The maximum atomic E-state index is 12.2. The Labute approximate surface area is 168 Å². The molecule has 0 atom stereocenters. The summed E-state index contributed by atoms with van der Waals surface area (Å²) in [6.07, 6.45) is 0. The number of likely N-dealkylation sites (N-methyl/N-ethyl adjacent to an activating group) is 1. The van der Waals surface area contributed by atoms with Gasteiger partial charge in [-0.1, -0.05) is 29.3 Å². The van der Waals surface area contributed by atoms with Gasteiger partial charge in [-0.05, 0) is 49.9 Å². The molecule has 0 fully saturated rings. The van der Waals surface area contributed by atoms with Gasteiger partial charge < -0.3 is 15.4 Å². The number of halogens is 2. The first-order valence-electron chi connectivity index (χ1n) is 8.17. The number of methoxy groups -OCH3 is 1. The van der Waals surface area contributed by atoms with Gasteiger partial charge in [0.25, 0.3) is 0 Å². The second-order valence-electron chi connectivity index (χ2n) is 6.03. The Balaban J connectivity index is 1.90. The molecule has 0 unspecified atom stereocenters. The van der Waals surface area contributed by atoms with E-state index < -0.39 is 0 Å². The van der Waals surface area contributed by atoms with E-state index >= 15 is 0 Å². The van der Waals surface area contributed by atoms with Crippen molar-refractivity contribution in [1.29, 1.82) is 0 Å². The van der Waals surface area contributed by atoms with Gasteiger partial charge in [-0.25, -0.2) is 0 Å². The van der Waals surface area contributed by atoms with Crippen molar-refractivity contribution >= 4 is 46.4 Å². The van der Waals surface area contributed by atoms with E-state index in [2.05, 4.69) is 10.6 Å². The van der Waals surface area contributed by atoms with E-state index in [1.165, 1.54) is 7.11 Å². The van der Waals surface area contributed by atoms with E-state index in [1.807, 2.05) is 6.92 Å². The average molecular weight is 410 g/mol. The Bertz CT molecular complexity index is 843. The number of nitrogens with one attached hydrogen (secondary N) is 2. The van der Waals surface area contributed by atoms with Crippen LogP contribution in [-0.2, 0) is 9.59 Å². The number of amides is 2. The number of rotatable bonds is 7. The Kier molecular flexibility index (Phi) is 7.47. The quantitative estimate of drug-likeness (QED) is 0.728. The van der Waals surface area contributed by atoms with Gasteiger partial charge in [-0.3, -0.25) is 14.5 Å². The number of ether oxygens (including phenoxy) is 1. The predicted molar refractivity (Wildman–Crippen MR) is 109 cm³/mol. The maximum Gasteiger partial charge on any atom is 0.238 e. The summed E-state index contributed by atoms with van der Waals surface area (Å²) < 4.78 is 5.20. The molecule has 0 bridgehead atoms. The van der Waals surface area contributed by atoms with Crippen molar-refractivity contribution in [2.24, 2.45) is 0 Å². The van der Waals surface area contributed by atoms with Crippen LogP contribution < -0.4 is 15.4 Å². The van der Waals surface area contributed by atoms with Crippen LogP contribution in [0.15, 0.2) is 36.4 Å². The fourth-order valence-electron chi connectivity index (χ4n) is 2.45. The molecular formula is C19H21Cl2N3O3. The van der Waals surface area contributed by atoms with Gasteiger partial charge in [-0.15, -0.1) is 0 Å². The second kappa shape index (κ2) is 9.60. The monoisotopic (exact) mass is 409 g/mol. The van der Waals surface area contributed by atoms with Crippen LogP contribution in [0.3, 0.4) is 0 Å². The third-order valence-electron chi connectivity index (χ3n) is 3.80. The molecule has 0 saturated heterocycles. The van der Waals surface area contributed by atoms with Crippen molar-refractivity contribution in [3.63, 3.8) is 0 Å². The van der Waals surface area contributed by atoms with Crippen LogP contribution >= 0.6 is 23.2 Å². The van der Waals surface area contributed by atoms with Crippen LogP contribution in [-0.4, -0.2) is 44.0 Å². The standard InChI is InChI=1S/C19H21Cl2N3O3/c1-12-14(21)5-4-6-15(12)22-18(25)10-24(2)11-19(26)23-16-9-13(20)7-8-17(16)27-3/h4-9H,10-11H2,1-3H3,(H,22,25)(H,23,26). The average Bonchev–Trinajstić information content (AvgIpc) is 2.58. The zero-order chi connectivity index (χ0) is 20.0. The van der Waals surface area contributed by atoms with E-state index in [-0.39, 0.29) is 24.9 Å². The Morgan fingerprint density at radius 2 is 1.67 bits per heavy atom. The minimum Gasteiger partial charge on any atom is -0.495 e. The Hall–Kier alpha value is -2.28. The van der Waals surface area contributed by atoms with Gasteiger partial charge in [0.05, 0.1) is 25.9 Å². The zero-order valence-electron chi connectivity index (χ0n) is 15.3. The highest BCUT2D eigenvalue weighted by Gasteiger charge is 2.14. The van der Waals surface area contributed by atoms with Crippen LogP contribution in [0.4, 0.5) is 11.4 Å². The van der Waals surface area contributed by atoms with E-state index in [0.717, 1.165) is 5.56 Å². The normalized spacial score (nSPS) is 10.6. The number of anilines is 2. The smallest absolute Gasteiger partial charge is 0.238 e. The molecule has 0 radical (unpaired) electrons. The van der Waals surface area contributed by atoms with Crippen molar-refractivity contribution in [3.8, 4) is 5.75 Å². The van der Waals surface area contributed by atoms with Crippen LogP contribution in [0.1, 0.15) is 5.56 Å². The van der Waals surface area contributed by atoms with Gasteiger partial charge in [0, 0.05) is 15.7 Å². The second-order valence-corrected chi connectivity index (χ2v) is 6.87. The first-order valence-corrected chi connectivity index (χ1v) is 8.92. The van der Waals surface area contributed by atoms with Crippen LogP contribution in [0, 0.1) is 6.92 Å². The molecule has 0 aliphatic heterocycles. The molecule has 0 saturated carbocycles. The molecule has 27 heavy (non-hydrogen) atoms. The maximum absolute atomic E-state index is 12.2. The van der Waals surface area contributed by atoms with Crippen molar-refractivity contribution in [1.82, 2.24) is 4.90 Å². The summed E-state index contributed by atoms with van der Waals surface area (Å²) in [5.74, 6) is -0.0228. The third kappa shape index (κ3) is 6.13. The Morgan fingerprint density at radius 3 is 2.30 bits per heavy atom. The molecule has 2 aromatic carbocycles. The summed E-state index contributed by atoms with van der Waals surface area (Å²) in [6, 6.07) is 10.2. The molecule has 0 heterocycles. The minimum absolute atomic E-state index is 0.0254. The van der Waals surface area contributed by atoms with Crippen LogP contribution in [0.25, 0.3) is 0 Å². The molecule has 0 aliphatic rings. The number of carbonyl (C=O) groups excluding carboxylic acids is 2. The summed E-state index contributed by atoms with van der Waals surface area (Å²) in [4.78, 5) is 26.0. The van der Waals surface area contributed by atoms with Gasteiger partial charge in [0.2, 0.25) is 11.8 Å². The van der Waals surface area contributed by atoms with Crippen molar-refractivity contribution in [2.45, 2.75) is 6.92 Å². The molecule has 2 rings (SSSR count). The van der Waals surface area contributed by atoms with Crippen molar-refractivity contribution in [2.75, 3.05) is 37.9 Å². The van der Waals surface area contributed by atoms with Gasteiger partial charge in [0.1, 0.15) is 5.75 Å². The van der Waals surface area contributed by atoms with Gasteiger partial charge in [-0.2, -0.15) is 0 Å². The number of benzene rings is 2. The van der Waals surface area contributed by atoms with Crippen molar-refractivity contribution in [3.05, 3.63) is 52.0 Å². The van der Waals surface area contributed by atoms with E-state index in [9.17, 15) is 9.59 Å². The number of nitrogens with zero attached hydrogens (tertiary/aromatic N) is 1. The molecule has 0 spiro atoms. The lowest BCUT2D eigenvalue weighted by molar-refractivity contribution is -0.119. The molecule has 2 amide bonds. The lowest BCUT2D eigenvalue weighted by atomic mass is 10.2. The molecule has 2 aromatic rings.